The highest BCUT2D eigenvalue weighted by molar-refractivity contribution is 5.22. The maximum Gasteiger partial charge on any atom is 0.411 e. The Hall–Kier alpha value is -1.07. The highest BCUT2D eigenvalue weighted by Crippen LogP contribution is 2.14. The third kappa shape index (κ3) is 6.61. The predicted octanol–water partition coefficient (Wildman–Crippen LogP) is 2.83. The molecule has 0 aliphatic rings. The van der Waals surface area contributed by atoms with Gasteiger partial charge < -0.3 is 10.5 Å². The van der Waals surface area contributed by atoms with Gasteiger partial charge >= 0.3 is 6.18 Å². The maximum atomic E-state index is 11.8. The standard InChI is InChI=1S/C13H18F3NO/c1-10-3-2-4-11(7-10)8-12(17)5-6-18-9-13(14,15)16/h2-4,7,12H,5-6,8-9,17H2,1H3. The lowest BCUT2D eigenvalue weighted by Crippen LogP contribution is -2.26. The van der Waals surface area contributed by atoms with Crippen LogP contribution in [0.15, 0.2) is 24.3 Å². The fourth-order valence-electron chi connectivity index (χ4n) is 1.67. The van der Waals surface area contributed by atoms with Crippen LogP contribution in [0.5, 0.6) is 0 Å². The zero-order valence-corrected chi connectivity index (χ0v) is 10.3. The summed E-state index contributed by atoms with van der Waals surface area (Å²) in [6, 6.07) is 7.74. The zero-order chi connectivity index (χ0) is 13.6. The Morgan fingerprint density at radius 3 is 2.67 bits per heavy atom. The third-order valence-electron chi connectivity index (χ3n) is 2.48. The molecule has 1 unspecified atom stereocenters. The van der Waals surface area contributed by atoms with Gasteiger partial charge in [0, 0.05) is 12.6 Å². The van der Waals surface area contributed by atoms with Gasteiger partial charge in [0.25, 0.3) is 0 Å². The first-order valence-electron chi connectivity index (χ1n) is 5.82. The molecule has 0 radical (unpaired) electrons. The molecule has 2 nitrogen and oxygen atoms in total. The van der Waals surface area contributed by atoms with Crippen LogP contribution in [-0.4, -0.2) is 25.4 Å². The minimum Gasteiger partial charge on any atom is -0.372 e. The minimum absolute atomic E-state index is 0.0342. The second-order valence-electron chi connectivity index (χ2n) is 4.41. The highest BCUT2D eigenvalue weighted by Gasteiger charge is 2.27. The SMILES string of the molecule is Cc1cccc(CC(N)CCOCC(F)(F)F)c1. The van der Waals surface area contributed by atoms with Gasteiger partial charge in [-0.2, -0.15) is 13.2 Å². The van der Waals surface area contributed by atoms with E-state index in [2.05, 4.69) is 4.74 Å². The Kier molecular flexibility index (Phi) is 5.62. The molecule has 0 amide bonds. The summed E-state index contributed by atoms with van der Waals surface area (Å²) in [5.74, 6) is 0. The zero-order valence-electron chi connectivity index (χ0n) is 10.3. The number of ether oxygens (including phenoxy) is 1. The van der Waals surface area contributed by atoms with E-state index in [1.54, 1.807) is 0 Å². The maximum absolute atomic E-state index is 11.8. The smallest absolute Gasteiger partial charge is 0.372 e. The molecule has 1 aromatic carbocycles. The van der Waals surface area contributed by atoms with E-state index >= 15 is 0 Å². The van der Waals surface area contributed by atoms with Crippen LogP contribution in [0.4, 0.5) is 13.2 Å². The molecule has 0 fully saturated rings. The van der Waals surface area contributed by atoms with E-state index in [4.69, 9.17) is 5.73 Å². The lowest BCUT2D eigenvalue weighted by Gasteiger charge is -2.13. The summed E-state index contributed by atoms with van der Waals surface area (Å²) < 4.78 is 40.0. The van der Waals surface area contributed by atoms with E-state index in [0.717, 1.165) is 11.1 Å². The fourth-order valence-corrected chi connectivity index (χ4v) is 1.67. The van der Waals surface area contributed by atoms with Crippen LogP contribution in [0.2, 0.25) is 0 Å². The number of nitrogens with two attached hydrogens (primary N) is 1. The van der Waals surface area contributed by atoms with Crippen molar-refractivity contribution in [3.05, 3.63) is 35.4 Å². The monoisotopic (exact) mass is 261 g/mol. The first-order chi connectivity index (χ1) is 8.37. The minimum atomic E-state index is -4.26. The normalized spacial score (nSPS) is 13.6. The van der Waals surface area contributed by atoms with Crippen molar-refractivity contribution in [2.75, 3.05) is 13.2 Å². The van der Waals surface area contributed by atoms with E-state index in [-0.39, 0.29) is 12.6 Å². The van der Waals surface area contributed by atoms with Crippen LogP contribution in [0, 0.1) is 6.92 Å². The van der Waals surface area contributed by atoms with Gasteiger partial charge in [0.15, 0.2) is 0 Å². The highest BCUT2D eigenvalue weighted by atomic mass is 19.4. The van der Waals surface area contributed by atoms with E-state index < -0.39 is 12.8 Å². The summed E-state index contributed by atoms with van der Waals surface area (Å²) in [6.45, 7) is 0.818. The Labute approximate surface area is 105 Å². The largest absolute Gasteiger partial charge is 0.411 e. The molecular formula is C13H18F3NO. The molecule has 0 saturated carbocycles. The van der Waals surface area contributed by atoms with Crippen molar-refractivity contribution in [2.24, 2.45) is 5.73 Å². The fraction of sp³-hybridized carbons (Fsp3) is 0.538. The van der Waals surface area contributed by atoms with Crippen molar-refractivity contribution < 1.29 is 17.9 Å². The van der Waals surface area contributed by atoms with Crippen molar-refractivity contribution in [3.8, 4) is 0 Å². The third-order valence-corrected chi connectivity index (χ3v) is 2.48. The first kappa shape index (κ1) is 15.0. The van der Waals surface area contributed by atoms with Gasteiger partial charge in [-0.1, -0.05) is 29.8 Å². The van der Waals surface area contributed by atoms with E-state index in [0.29, 0.717) is 12.8 Å². The molecule has 1 rings (SSSR count). The van der Waals surface area contributed by atoms with Crippen molar-refractivity contribution in [3.63, 3.8) is 0 Å². The Bertz CT molecular complexity index is 365. The van der Waals surface area contributed by atoms with E-state index in [1.165, 1.54) is 0 Å². The average Bonchev–Trinajstić information content (AvgIpc) is 2.23. The van der Waals surface area contributed by atoms with Crippen LogP contribution in [0.1, 0.15) is 17.5 Å². The lowest BCUT2D eigenvalue weighted by molar-refractivity contribution is -0.174. The summed E-state index contributed by atoms with van der Waals surface area (Å²) in [7, 11) is 0. The average molecular weight is 261 g/mol. The first-order valence-corrected chi connectivity index (χ1v) is 5.82. The molecular weight excluding hydrogens is 243 g/mol. The van der Waals surface area contributed by atoms with Gasteiger partial charge in [-0.25, -0.2) is 0 Å². The molecule has 0 bridgehead atoms. The molecule has 1 atom stereocenters. The van der Waals surface area contributed by atoms with Crippen LogP contribution < -0.4 is 5.73 Å². The molecule has 2 N–H and O–H groups in total. The number of benzene rings is 1. The second kappa shape index (κ2) is 6.75. The summed E-state index contributed by atoms with van der Waals surface area (Å²) in [5.41, 5.74) is 8.09. The second-order valence-corrected chi connectivity index (χ2v) is 4.41. The summed E-state index contributed by atoms with van der Waals surface area (Å²) >= 11 is 0. The molecule has 0 spiro atoms. The number of halogens is 3. The van der Waals surface area contributed by atoms with Gasteiger partial charge in [-0.15, -0.1) is 0 Å². The number of rotatable bonds is 6. The number of alkyl halides is 3. The summed E-state index contributed by atoms with van der Waals surface area (Å²) in [6.07, 6.45) is -3.19. The number of hydrogen-bond acceptors (Lipinski definition) is 2. The molecule has 0 aliphatic heterocycles. The molecule has 1 aromatic rings. The van der Waals surface area contributed by atoms with E-state index in [9.17, 15) is 13.2 Å². The molecule has 102 valence electrons. The molecule has 5 heteroatoms. The van der Waals surface area contributed by atoms with Gasteiger partial charge in [0.05, 0.1) is 0 Å². The topological polar surface area (TPSA) is 35.2 Å². The lowest BCUT2D eigenvalue weighted by atomic mass is 10.0. The van der Waals surface area contributed by atoms with Crippen molar-refractivity contribution in [1.82, 2.24) is 0 Å². The van der Waals surface area contributed by atoms with Crippen LogP contribution in [-0.2, 0) is 11.2 Å². The van der Waals surface area contributed by atoms with Crippen LogP contribution in [0.25, 0.3) is 0 Å². The van der Waals surface area contributed by atoms with Crippen LogP contribution >= 0.6 is 0 Å². The van der Waals surface area contributed by atoms with Crippen molar-refractivity contribution >= 4 is 0 Å². The molecule has 0 aromatic heterocycles. The quantitative estimate of drug-likeness (QED) is 0.799. The van der Waals surface area contributed by atoms with Gasteiger partial charge in [0.2, 0.25) is 0 Å². The van der Waals surface area contributed by atoms with Crippen LogP contribution in [0.3, 0.4) is 0 Å². The summed E-state index contributed by atoms with van der Waals surface area (Å²) in [5, 5.41) is 0. The summed E-state index contributed by atoms with van der Waals surface area (Å²) in [4.78, 5) is 0. The molecule has 0 heterocycles. The Morgan fingerprint density at radius 1 is 1.33 bits per heavy atom. The molecule has 0 saturated heterocycles. The van der Waals surface area contributed by atoms with Gasteiger partial charge in [-0.3, -0.25) is 0 Å². The Balaban J connectivity index is 2.24. The van der Waals surface area contributed by atoms with Crippen molar-refractivity contribution in [2.45, 2.75) is 32.0 Å². The molecule has 0 aliphatic carbocycles. The van der Waals surface area contributed by atoms with Gasteiger partial charge in [-0.05, 0) is 25.3 Å². The predicted molar refractivity (Wildman–Crippen MR) is 64.3 cm³/mol. The van der Waals surface area contributed by atoms with Crippen molar-refractivity contribution in [1.29, 1.82) is 0 Å². The molecule has 18 heavy (non-hydrogen) atoms. The van der Waals surface area contributed by atoms with E-state index in [1.807, 2.05) is 31.2 Å². The number of aryl methyl sites for hydroxylation is 1. The van der Waals surface area contributed by atoms with Gasteiger partial charge in [0.1, 0.15) is 6.61 Å². The Morgan fingerprint density at radius 2 is 2.06 bits per heavy atom. The number of hydrogen-bond donors (Lipinski definition) is 1.